The zero-order valence-corrected chi connectivity index (χ0v) is 17.7. The van der Waals surface area contributed by atoms with Gasteiger partial charge in [-0.25, -0.2) is 13.7 Å². The number of likely N-dealkylation sites (tertiary alicyclic amines) is 1. The number of amides is 2. The Morgan fingerprint density at radius 1 is 0.935 bits per heavy atom. The predicted molar refractivity (Wildman–Crippen MR) is 113 cm³/mol. The third-order valence-electron chi connectivity index (χ3n) is 5.77. The second-order valence-electron chi connectivity index (χ2n) is 8.34. The summed E-state index contributed by atoms with van der Waals surface area (Å²) in [6, 6.07) is 9.54. The lowest BCUT2D eigenvalue weighted by atomic mass is 9.91. The summed E-state index contributed by atoms with van der Waals surface area (Å²) < 4.78 is 33.6. The van der Waals surface area contributed by atoms with Crippen LogP contribution in [0.5, 0.6) is 5.75 Å². The topological polar surface area (TPSA) is 49.9 Å². The fourth-order valence-electron chi connectivity index (χ4n) is 4.55. The Kier molecular flexibility index (Phi) is 5.52. The van der Waals surface area contributed by atoms with Crippen LogP contribution in [-0.4, -0.2) is 36.9 Å². The maximum atomic E-state index is 14.5. The van der Waals surface area contributed by atoms with E-state index in [0.717, 1.165) is 29.5 Å². The molecule has 0 aromatic heterocycles. The number of hydrogen-bond donors (Lipinski definition) is 0. The molecule has 0 saturated carbocycles. The summed E-state index contributed by atoms with van der Waals surface area (Å²) >= 11 is 0. The lowest BCUT2D eigenvalue weighted by molar-refractivity contribution is -0.121. The van der Waals surface area contributed by atoms with Crippen molar-refractivity contribution in [1.29, 1.82) is 0 Å². The second-order valence-corrected chi connectivity index (χ2v) is 8.34. The van der Waals surface area contributed by atoms with Gasteiger partial charge in [-0.2, -0.15) is 0 Å². The molecule has 0 aliphatic carbocycles. The van der Waals surface area contributed by atoms with Gasteiger partial charge in [0.05, 0.1) is 18.4 Å². The number of nitrogens with zero attached hydrogens (tertiary/aromatic N) is 2. The van der Waals surface area contributed by atoms with Gasteiger partial charge in [-0.1, -0.05) is 26.0 Å². The number of rotatable bonds is 4. The number of anilines is 1. The van der Waals surface area contributed by atoms with Crippen molar-refractivity contribution < 1.29 is 23.1 Å². The number of imide groups is 1. The summed E-state index contributed by atoms with van der Waals surface area (Å²) in [5.74, 6) is -1.60. The SMILES string of the molecule is COc1ccc(C2=C(N3CC(C)CC(C)C3)C(=O)N(c3cc(F)ccc3F)C2=O)cc1. The molecule has 2 aromatic rings. The Labute approximate surface area is 179 Å². The van der Waals surface area contributed by atoms with Crippen LogP contribution in [0.25, 0.3) is 5.57 Å². The molecule has 2 aromatic carbocycles. The molecule has 2 amide bonds. The molecule has 2 atom stereocenters. The predicted octanol–water partition coefficient (Wildman–Crippen LogP) is 4.24. The monoisotopic (exact) mass is 426 g/mol. The van der Waals surface area contributed by atoms with Gasteiger partial charge in [-0.3, -0.25) is 9.59 Å². The van der Waals surface area contributed by atoms with Crippen molar-refractivity contribution in [3.8, 4) is 5.75 Å². The molecule has 2 heterocycles. The molecule has 4 rings (SSSR count). The number of hydrogen-bond acceptors (Lipinski definition) is 4. The van der Waals surface area contributed by atoms with Crippen LogP contribution in [0.3, 0.4) is 0 Å². The Morgan fingerprint density at radius 2 is 1.58 bits per heavy atom. The number of benzene rings is 2. The van der Waals surface area contributed by atoms with Crippen LogP contribution in [0.1, 0.15) is 25.8 Å². The fourth-order valence-corrected chi connectivity index (χ4v) is 4.55. The highest BCUT2D eigenvalue weighted by Crippen LogP contribution is 2.38. The first-order valence-electron chi connectivity index (χ1n) is 10.3. The molecule has 1 saturated heterocycles. The molecule has 2 aliphatic heterocycles. The largest absolute Gasteiger partial charge is 0.497 e. The second kappa shape index (κ2) is 8.13. The van der Waals surface area contributed by atoms with Crippen LogP contribution in [-0.2, 0) is 9.59 Å². The molecule has 2 unspecified atom stereocenters. The normalized spacial score (nSPS) is 21.8. The Hall–Kier alpha value is -3.22. The lowest BCUT2D eigenvalue weighted by Gasteiger charge is -2.37. The molecule has 0 N–H and O–H groups in total. The fraction of sp³-hybridized carbons (Fsp3) is 0.333. The molecule has 2 aliphatic rings. The van der Waals surface area contributed by atoms with Crippen LogP contribution in [0.15, 0.2) is 48.2 Å². The van der Waals surface area contributed by atoms with Crippen LogP contribution in [0, 0.1) is 23.5 Å². The molecule has 0 spiro atoms. The van der Waals surface area contributed by atoms with Crippen LogP contribution in [0.4, 0.5) is 14.5 Å². The molecule has 31 heavy (non-hydrogen) atoms. The minimum Gasteiger partial charge on any atom is -0.497 e. The minimum absolute atomic E-state index is 0.192. The maximum Gasteiger partial charge on any atom is 0.282 e. The van der Waals surface area contributed by atoms with E-state index < -0.39 is 23.4 Å². The van der Waals surface area contributed by atoms with Gasteiger partial charge >= 0.3 is 0 Å². The quantitative estimate of drug-likeness (QED) is 0.687. The summed E-state index contributed by atoms with van der Waals surface area (Å²) in [5, 5.41) is 0. The van der Waals surface area contributed by atoms with Gasteiger partial charge < -0.3 is 9.64 Å². The summed E-state index contributed by atoms with van der Waals surface area (Å²) in [6.07, 6.45) is 1.02. The van der Waals surface area contributed by atoms with Gasteiger partial charge in [0.2, 0.25) is 0 Å². The van der Waals surface area contributed by atoms with Crippen molar-refractivity contribution in [2.24, 2.45) is 11.8 Å². The summed E-state index contributed by atoms with van der Waals surface area (Å²) in [4.78, 5) is 29.6. The maximum absolute atomic E-state index is 14.5. The summed E-state index contributed by atoms with van der Waals surface area (Å²) in [7, 11) is 1.54. The van der Waals surface area contributed by atoms with Crippen LogP contribution >= 0.6 is 0 Å². The molecule has 0 bridgehead atoms. The van der Waals surface area contributed by atoms with Crippen LogP contribution in [0.2, 0.25) is 0 Å². The smallest absolute Gasteiger partial charge is 0.282 e. The highest BCUT2D eigenvalue weighted by molar-refractivity contribution is 6.45. The highest BCUT2D eigenvalue weighted by Gasteiger charge is 2.44. The Morgan fingerprint density at radius 3 is 2.19 bits per heavy atom. The van der Waals surface area contributed by atoms with Crippen molar-refractivity contribution in [2.75, 3.05) is 25.1 Å². The van der Waals surface area contributed by atoms with E-state index in [4.69, 9.17) is 4.74 Å². The lowest BCUT2D eigenvalue weighted by Crippen LogP contribution is -2.42. The molecule has 7 heteroatoms. The number of piperidine rings is 1. The van der Waals surface area contributed by atoms with Gasteiger partial charge in [-0.15, -0.1) is 0 Å². The van der Waals surface area contributed by atoms with Crippen molar-refractivity contribution in [1.82, 2.24) is 4.90 Å². The number of carbonyl (C=O) groups is 2. The number of carbonyl (C=O) groups excluding carboxylic acids is 2. The van der Waals surface area contributed by atoms with Gasteiger partial charge in [0.15, 0.2) is 0 Å². The van der Waals surface area contributed by atoms with E-state index in [1.54, 1.807) is 24.3 Å². The molecule has 0 radical (unpaired) electrons. The first-order valence-corrected chi connectivity index (χ1v) is 10.3. The van der Waals surface area contributed by atoms with Crippen molar-refractivity contribution in [3.63, 3.8) is 0 Å². The first-order chi connectivity index (χ1) is 14.8. The molecule has 1 fully saturated rings. The zero-order valence-electron chi connectivity index (χ0n) is 17.7. The average molecular weight is 426 g/mol. The number of ether oxygens (including phenoxy) is 1. The van der Waals surface area contributed by atoms with Gasteiger partial charge in [0.25, 0.3) is 11.8 Å². The van der Waals surface area contributed by atoms with Gasteiger partial charge in [0.1, 0.15) is 23.1 Å². The zero-order chi connectivity index (χ0) is 22.3. The van der Waals surface area contributed by atoms with Crippen molar-refractivity contribution in [3.05, 3.63) is 65.4 Å². The van der Waals surface area contributed by atoms with Crippen molar-refractivity contribution in [2.45, 2.75) is 20.3 Å². The third kappa shape index (κ3) is 3.80. The number of methoxy groups -OCH3 is 1. The Bertz CT molecular complexity index is 1050. The van der Waals surface area contributed by atoms with Crippen molar-refractivity contribution >= 4 is 23.1 Å². The van der Waals surface area contributed by atoms with E-state index >= 15 is 0 Å². The van der Waals surface area contributed by atoms with E-state index in [1.165, 1.54) is 7.11 Å². The summed E-state index contributed by atoms with van der Waals surface area (Å²) in [6.45, 7) is 5.42. The molecular formula is C24H24F2N2O3. The van der Waals surface area contributed by atoms with E-state index in [-0.39, 0.29) is 17.0 Å². The Balaban J connectivity index is 1.85. The van der Waals surface area contributed by atoms with Crippen LogP contribution < -0.4 is 9.64 Å². The standard InChI is InChI=1S/C24H24F2N2O3/c1-14-10-15(2)13-27(12-14)22-21(16-4-7-18(31-3)8-5-16)23(29)28(24(22)30)20-11-17(25)6-9-19(20)26/h4-9,11,14-15H,10,12-13H2,1-3H3. The average Bonchev–Trinajstić information content (AvgIpc) is 2.99. The van der Waals surface area contributed by atoms with E-state index in [9.17, 15) is 18.4 Å². The van der Waals surface area contributed by atoms with Gasteiger partial charge in [-0.05, 0) is 48.1 Å². The van der Waals surface area contributed by atoms with E-state index in [1.807, 2.05) is 4.90 Å². The third-order valence-corrected chi connectivity index (χ3v) is 5.77. The first kappa shape index (κ1) is 21.0. The highest BCUT2D eigenvalue weighted by atomic mass is 19.1. The number of halogens is 2. The molecule has 5 nitrogen and oxygen atoms in total. The summed E-state index contributed by atoms with van der Waals surface area (Å²) in [5.41, 5.74) is 0.573. The van der Waals surface area contributed by atoms with E-state index in [2.05, 4.69) is 13.8 Å². The van der Waals surface area contributed by atoms with E-state index in [0.29, 0.717) is 36.2 Å². The minimum atomic E-state index is -0.834. The van der Waals surface area contributed by atoms with Gasteiger partial charge in [0, 0.05) is 19.2 Å². The molecule has 162 valence electrons. The molecular weight excluding hydrogens is 402 g/mol.